The summed E-state index contributed by atoms with van der Waals surface area (Å²) in [7, 11) is 1.47. The number of aliphatic carboxylic acids is 1. The minimum absolute atomic E-state index is 0.199. The van der Waals surface area contributed by atoms with E-state index in [-0.39, 0.29) is 24.9 Å². The standard InChI is InChI=1S/C12H13F3N2O3/c1-20-8-4-9(11(18)19)17(6-8)10-3-2-7(5-16-10)12(13,14)15/h2-3,5,8-9H,4,6H2,1H3,(H,18,19). The molecular formula is C12H13F3N2O3. The Bertz CT molecular complexity index is 490. The molecule has 1 aromatic rings. The van der Waals surface area contributed by atoms with Crippen LogP contribution in [0.15, 0.2) is 18.3 Å². The molecule has 0 aromatic carbocycles. The first-order valence-corrected chi connectivity index (χ1v) is 5.88. The maximum Gasteiger partial charge on any atom is 0.417 e. The van der Waals surface area contributed by atoms with Crippen LogP contribution in [0, 0.1) is 0 Å². The highest BCUT2D eigenvalue weighted by atomic mass is 19.4. The fraction of sp³-hybridized carbons (Fsp3) is 0.500. The zero-order chi connectivity index (χ0) is 14.9. The maximum absolute atomic E-state index is 12.5. The summed E-state index contributed by atoms with van der Waals surface area (Å²) in [5, 5.41) is 9.14. The number of hydrogen-bond donors (Lipinski definition) is 1. The molecule has 2 rings (SSSR count). The van der Waals surface area contributed by atoms with Crippen molar-refractivity contribution >= 4 is 11.8 Å². The Balaban J connectivity index is 2.23. The lowest BCUT2D eigenvalue weighted by molar-refractivity contribution is -0.139. The second-order valence-corrected chi connectivity index (χ2v) is 4.50. The van der Waals surface area contributed by atoms with Gasteiger partial charge in [0.05, 0.1) is 11.7 Å². The highest BCUT2D eigenvalue weighted by molar-refractivity contribution is 5.78. The maximum atomic E-state index is 12.5. The van der Waals surface area contributed by atoms with E-state index >= 15 is 0 Å². The Morgan fingerprint density at radius 3 is 2.65 bits per heavy atom. The lowest BCUT2D eigenvalue weighted by Gasteiger charge is -2.22. The first kappa shape index (κ1) is 14.6. The molecule has 8 heteroatoms. The molecular weight excluding hydrogens is 277 g/mol. The number of nitrogens with zero attached hydrogens (tertiary/aromatic N) is 2. The third kappa shape index (κ3) is 2.84. The van der Waals surface area contributed by atoms with Gasteiger partial charge < -0.3 is 14.7 Å². The van der Waals surface area contributed by atoms with Crippen molar-refractivity contribution in [2.75, 3.05) is 18.6 Å². The normalized spacial score (nSPS) is 23.1. The second-order valence-electron chi connectivity index (χ2n) is 4.50. The van der Waals surface area contributed by atoms with Crippen LogP contribution in [0.1, 0.15) is 12.0 Å². The molecule has 2 atom stereocenters. The number of carbonyl (C=O) groups is 1. The summed E-state index contributed by atoms with van der Waals surface area (Å²) in [5.74, 6) is -0.851. The quantitative estimate of drug-likeness (QED) is 0.919. The van der Waals surface area contributed by atoms with Crippen molar-refractivity contribution in [1.82, 2.24) is 4.98 Å². The average molecular weight is 290 g/mol. The third-order valence-electron chi connectivity index (χ3n) is 3.25. The van der Waals surface area contributed by atoms with Gasteiger partial charge in [-0.15, -0.1) is 0 Å². The molecule has 1 aliphatic rings. The van der Waals surface area contributed by atoms with E-state index < -0.39 is 23.8 Å². The molecule has 110 valence electrons. The molecule has 1 N–H and O–H groups in total. The van der Waals surface area contributed by atoms with Crippen molar-refractivity contribution in [3.05, 3.63) is 23.9 Å². The molecule has 1 fully saturated rings. The minimum atomic E-state index is -4.46. The first-order chi connectivity index (χ1) is 9.32. The number of hydrogen-bond acceptors (Lipinski definition) is 4. The highest BCUT2D eigenvalue weighted by Crippen LogP contribution is 2.31. The molecule has 0 aliphatic carbocycles. The summed E-state index contributed by atoms with van der Waals surface area (Å²) in [6.45, 7) is 0.284. The van der Waals surface area contributed by atoms with Gasteiger partial charge in [-0.2, -0.15) is 13.2 Å². The Hall–Kier alpha value is -1.83. The molecule has 1 aromatic heterocycles. The van der Waals surface area contributed by atoms with E-state index in [0.717, 1.165) is 6.07 Å². The largest absolute Gasteiger partial charge is 0.480 e. The van der Waals surface area contributed by atoms with Gasteiger partial charge in [0.2, 0.25) is 0 Å². The molecule has 0 radical (unpaired) electrons. The number of alkyl halides is 3. The monoisotopic (exact) mass is 290 g/mol. The molecule has 2 unspecified atom stereocenters. The van der Waals surface area contributed by atoms with Crippen LogP contribution < -0.4 is 4.90 Å². The molecule has 2 heterocycles. The van der Waals surface area contributed by atoms with Crippen LogP contribution in [-0.4, -0.2) is 41.9 Å². The molecule has 5 nitrogen and oxygen atoms in total. The topological polar surface area (TPSA) is 62.7 Å². The van der Waals surface area contributed by atoms with E-state index in [0.29, 0.717) is 6.20 Å². The second kappa shape index (κ2) is 5.28. The Labute approximate surface area is 113 Å². The van der Waals surface area contributed by atoms with Crippen molar-refractivity contribution in [2.45, 2.75) is 24.7 Å². The van der Waals surface area contributed by atoms with Gasteiger partial charge >= 0.3 is 12.1 Å². The lowest BCUT2D eigenvalue weighted by Crippen LogP contribution is -2.36. The predicted octanol–water partition coefficient (Wildman–Crippen LogP) is 1.78. The fourth-order valence-corrected chi connectivity index (χ4v) is 2.18. The summed E-state index contributed by atoms with van der Waals surface area (Å²) < 4.78 is 42.5. The molecule has 0 spiro atoms. The van der Waals surface area contributed by atoms with Gasteiger partial charge in [0.15, 0.2) is 0 Å². The SMILES string of the molecule is COC1CC(C(=O)O)N(c2ccc(C(F)(F)F)cn2)C1. The van der Waals surface area contributed by atoms with Gasteiger partial charge in [-0.3, -0.25) is 0 Å². The predicted molar refractivity (Wildman–Crippen MR) is 63.4 cm³/mol. The van der Waals surface area contributed by atoms with E-state index in [4.69, 9.17) is 9.84 Å². The van der Waals surface area contributed by atoms with Crippen molar-refractivity contribution in [3.8, 4) is 0 Å². The molecule has 0 amide bonds. The first-order valence-electron chi connectivity index (χ1n) is 5.88. The van der Waals surface area contributed by atoms with Crippen molar-refractivity contribution in [3.63, 3.8) is 0 Å². The molecule has 0 saturated carbocycles. The van der Waals surface area contributed by atoms with Crippen molar-refractivity contribution in [2.24, 2.45) is 0 Å². The van der Waals surface area contributed by atoms with E-state index in [1.807, 2.05) is 0 Å². The van der Waals surface area contributed by atoms with Crippen LogP contribution in [0.3, 0.4) is 0 Å². The highest BCUT2D eigenvalue weighted by Gasteiger charge is 2.38. The Kier molecular flexibility index (Phi) is 3.85. The number of anilines is 1. The number of pyridine rings is 1. The summed E-state index contributed by atoms with van der Waals surface area (Å²) >= 11 is 0. The van der Waals surface area contributed by atoms with Crippen LogP contribution in [0.5, 0.6) is 0 Å². The number of methoxy groups -OCH3 is 1. The summed E-state index contributed by atoms with van der Waals surface area (Å²) in [6, 6.07) is 1.22. The van der Waals surface area contributed by atoms with E-state index in [2.05, 4.69) is 4.98 Å². The van der Waals surface area contributed by atoms with E-state index in [1.54, 1.807) is 0 Å². The molecule has 1 aliphatic heterocycles. The number of carboxylic acids is 1. The molecule has 0 bridgehead atoms. The van der Waals surface area contributed by atoms with Gasteiger partial charge in [0.25, 0.3) is 0 Å². The van der Waals surface area contributed by atoms with Crippen molar-refractivity contribution < 1.29 is 27.8 Å². The third-order valence-corrected chi connectivity index (χ3v) is 3.25. The average Bonchev–Trinajstić information content (AvgIpc) is 2.82. The summed E-state index contributed by atoms with van der Waals surface area (Å²) in [5.41, 5.74) is -0.865. The fourth-order valence-electron chi connectivity index (χ4n) is 2.18. The van der Waals surface area contributed by atoms with Crippen LogP contribution in [0.25, 0.3) is 0 Å². The van der Waals surface area contributed by atoms with Gasteiger partial charge in [-0.25, -0.2) is 9.78 Å². The van der Waals surface area contributed by atoms with Crippen LogP contribution >= 0.6 is 0 Å². The number of rotatable bonds is 3. The van der Waals surface area contributed by atoms with Crippen LogP contribution in [-0.2, 0) is 15.7 Å². The summed E-state index contributed by atoms with van der Waals surface area (Å²) in [4.78, 5) is 16.3. The van der Waals surface area contributed by atoms with Gasteiger partial charge in [-0.05, 0) is 12.1 Å². The Morgan fingerprint density at radius 2 is 2.20 bits per heavy atom. The Morgan fingerprint density at radius 1 is 1.50 bits per heavy atom. The zero-order valence-corrected chi connectivity index (χ0v) is 10.6. The smallest absolute Gasteiger partial charge is 0.417 e. The number of ether oxygens (including phenoxy) is 1. The lowest BCUT2D eigenvalue weighted by atomic mass is 10.2. The number of carboxylic acid groups (broad SMARTS) is 1. The van der Waals surface area contributed by atoms with Gasteiger partial charge in [0.1, 0.15) is 11.9 Å². The van der Waals surface area contributed by atoms with E-state index in [1.165, 1.54) is 18.1 Å². The number of aromatic nitrogens is 1. The number of halogens is 3. The molecule has 20 heavy (non-hydrogen) atoms. The van der Waals surface area contributed by atoms with E-state index in [9.17, 15) is 18.0 Å². The van der Waals surface area contributed by atoms with Gasteiger partial charge in [0, 0.05) is 26.3 Å². The zero-order valence-electron chi connectivity index (χ0n) is 10.6. The van der Waals surface area contributed by atoms with Crippen LogP contribution in [0.4, 0.5) is 19.0 Å². The minimum Gasteiger partial charge on any atom is -0.480 e. The van der Waals surface area contributed by atoms with Crippen molar-refractivity contribution in [1.29, 1.82) is 0 Å². The summed E-state index contributed by atoms with van der Waals surface area (Å²) in [6.07, 6.45) is -3.76. The van der Waals surface area contributed by atoms with Crippen LogP contribution in [0.2, 0.25) is 0 Å². The van der Waals surface area contributed by atoms with Gasteiger partial charge in [-0.1, -0.05) is 0 Å². The molecule has 1 saturated heterocycles.